The van der Waals surface area contributed by atoms with Crippen LogP contribution >= 0.6 is 0 Å². The fourth-order valence-electron chi connectivity index (χ4n) is 3.65. The summed E-state index contributed by atoms with van der Waals surface area (Å²) >= 11 is 0. The van der Waals surface area contributed by atoms with E-state index in [1.54, 1.807) is 14.1 Å². The molecular formula is C24H32N4O3. The van der Waals surface area contributed by atoms with E-state index in [4.69, 9.17) is 9.47 Å². The van der Waals surface area contributed by atoms with Gasteiger partial charge in [0.2, 0.25) is 0 Å². The Labute approximate surface area is 184 Å². The second-order valence-electron chi connectivity index (χ2n) is 7.52. The van der Waals surface area contributed by atoms with Crippen molar-refractivity contribution in [2.45, 2.75) is 39.3 Å². The summed E-state index contributed by atoms with van der Waals surface area (Å²) in [6.45, 7) is 5.95. The second-order valence-corrected chi connectivity index (χ2v) is 7.52. The van der Waals surface area contributed by atoms with Crippen LogP contribution in [0.5, 0.6) is 11.5 Å². The third-order valence-corrected chi connectivity index (χ3v) is 5.17. The van der Waals surface area contributed by atoms with E-state index in [0.717, 1.165) is 35.5 Å². The molecule has 0 aromatic heterocycles. The summed E-state index contributed by atoms with van der Waals surface area (Å²) < 4.78 is 11.8. The van der Waals surface area contributed by atoms with Crippen molar-refractivity contribution >= 4 is 11.9 Å². The van der Waals surface area contributed by atoms with Crippen molar-refractivity contribution in [1.29, 1.82) is 0 Å². The van der Waals surface area contributed by atoms with Gasteiger partial charge < -0.3 is 25.4 Å². The molecular weight excluding hydrogens is 392 g/mol. The maximum atomic E-state index is 11.8. The lowest BCUT2D eigenvalue weighted by molar-refractivity contribution is 0.0963. The Morgan fingerprint density at radius 1 is 1.26 bits per heavy atom. The lowest BCUT2D eigenvalue weighted by atomic mass is 10.1. The molecule has 0 saturated heterocycles. The number of nitrogens with zero attached hydrogens (tertiary/aromatic N) is 1. The number of guanidine groups is 1. The molecule has 1 heterocycles. The molecule has 1 atom stereocenters. The third-order valence-electron chi connectivity index (χ3n) is 5.17. The van der Waals surface area contributed by atoms with Gasteiger partial charge in [-0.2, -0.15) is 0 Å². The quantitative estimate of drug-likeness (QED) is 0.448. The Balaban J connectivity index is 1.57. The summed E-state index contributed by atoms with van der Waals surface area (Å²) in [5.41, 5.74) is 3.99. The largest absolute Gasteiger partial charge is 0.494 e. The predicted molar refractivity (Wildman–Crippen MR) is 123 cm³/mol. The summed E-state index contributed by atoms with van der Waals surface area (Å²) in [5.74, 6) is 2.45. The highest BCUT2D eigenvalue weighted by Gasteiger charge is 2.21. The molecule has 0 bridgehead atoms. The van der Waals surface area contributed by atoms with Gasteiger partial charge in [0.15, 0.2) is 5.96 Å². The molecule has 2 aromatic rings. The van der Waals surface area contributed by atoms with E-state index in [0.29, 0.717) is 31.2 Å². The average molecular weight is 425 g/mol. The SMILES string of the molecule is CCOc1cc2c(cc1CNC(=NC)NCCc1cccc(C(=O)NC)c1)OC(C)C2. The van der Waals surface area contributed by atoms with Gasteiger partial charge in [0.05, 0.1) is 6.61 Å². The fourth-order valence-corrected chi connectivity index (χ4v) is 3.65. The maximum absolute atomic E-state index is 11.8. The van der Waals surface area contributed by atoms with Crippen molar-refractivity contribution in [3.05, 3.63) is 58.7 Å². The lowest BCUT2D eigenvalue weighted by Crippen LogP contribution is -2.38. The molecule has 166 valence electrons. The number of hydrogen-bond donors (Lipinski definition) is 3. The van der Waals surface area contributed by atoms with Gasteiger partial charge in [0.25, 0.3) is 5.91 Å². The van der Waals surface area contributed by atoms with E-state index in [9.17, 15) is 4.79 Å². The molecule has 0 aliphatic carbocycles. The molecule has 1 amide bonds. The van der Waals surface area contributed by atoms with Crippen LogP contribution in [0.4, 0.5) is 0 Å². The molecule has 2 aromatic carbocycles. The zero-order chi connectivity index (χ0) is 22.2. The van der Waals surface area contributed by atoms with Crippen LogP contribution in [0.3, 0.4) is 0 Å². The predicted octanol–water partition coefficient (Wildman–Crippen LogP) is 2.68. The average Bonchev–Trinajstić information content (AvgIpc) is 3.14. The Kier molecular flexibility index (Phi) is 7.76. The first-order valence-electron chi connectivity index (χ1n) is 10.7. The van der Waals surface area contributed by atoms with Gasteiger partial charge in [-0.3, -0.25) is 9.79 Å². The van der Waals surface area contributed by atoms with Gasteiger partial charge >= 0.3 is 0 Å². The number of nitrogens with one attached hydrogen (secondary N) is 3. The maximum Gasteiger partial charge on any atom is 0.251 e. The van der Waals surface area contributed by atoms with Crippen LogP contribution in [0.1, 0.15) is 40.9 Å². The molecule has 1 unspecified atom stereocenters. The number of amides is 1. The van der Waals surface area contributed by atoms with Crippen LogP contribution in [0.2, 0.25) is 0 Å². The van der Waals surface area contributed by atoms with Gasteiger partial charge in [0.1, 0.15) is 17.6 Å². The van der Waals surface area contributed by atoms with Crippen molar-refractivity contribution in [1.82, 2.24) is 16.0 Å². The minimum Gasteiger partial charge on any atom is -0.494 e. The van der Waals surface area contributed by atoms with Crippen molar-refractivity contribution in [3.8, 4) is 11.5 Å². The zero-order valence-corrected chi connectivity index (χ0v) is 18.7. The normalized spacial score (nSPS) is 15.1. The highest BCUT2D eigenvalue weighted by atomic mass is 16.5. The third kappa shape index (κ3) is 5.90. The van der Waals surface area contributed by atoms with Gasteiger partial charge in [-0.05, 0) is 50.1 Å². The minimum atomic E-state index is -0.0786. The zero-order valence-electron chi connectivity index (χ0n) is 18.7. The Morgan fingerprint density at radius 2 is 2.10 bits per heavy atom. The van der Waals surface area contributed by atoms with Crippen LogP contribution in [-0.2, 0) is 19.4 Å². The van der Waals surface area contributed by atoms with E-state index in [1.807, 2.05) is 31.2 Å². The molecule has 31 heavy (non-hydrogen) atoms. The van der Waals surface area contributed by atoms with Crippen molar-refractivity contribution in [2.24, 2.45) is 4.99 Å². The monoisotopic (exact) mass is 424 g/mol. The second kappa shape index (κ2) is 10.7. The van der Waals surface area contributed by atoms with E-state index in [2.05, 4.69) is 40.0 Å². The smallest absolute Gasteiger partial charge is 0.251 e. The molecule has 7 heteroatoms. The summed E-state index contributed by atoms with van der Waals surface area (Å²) in [5, 5.41) is 9.33. The topological polar surface area (TPSA) is 84.0 Å². The van der Waals surface area contributed by atoms with E-state index in [-0.39, 0.29) is 12.0 Å². The Morgan fingerprint density at radius 3 is 2.84 bits per heavy atom. The van der Waals surface area contributed by atoms with Crippen LogP contribution in [0.25, 0.3) is 0 Å². The van der Waals surface area contributed by atoms with Crippen molar-refractivity contribution < 1.29 is 14.3 Å². The summed E-state index contributed by atoms with van der Waals surface area (Å²) in [4.78, 5) is 16.1. The number of rotatable bonds is 8. The number of ether oxygens (including phenoxy) is 2. The van der Waals surface area contributed by atoms with Crippen molar-refractivity contribution in [3.63, 3.8) is 0 Å². The van der Waals surface area contributed by atoms with Gasteiger partial charge in [-0.25, -0.2) is 0 Å². The van der Waals surface area contributed by atoms with E-state index >= 15 is 0 Å². The minimum absolute atomic E-state index is 0.0786. The number of benzene rings is 2. The molecule has 0 saturated carbocycles. The number of hydrogen-bond acceptors (Lipinski definition) is 4. The molecule has 0 spiro atoms. The van der Waals surface area contributed by atoms with Gasteiger partial charge in [-0.15, -0.1) is 0 Å². The van der Waals surface area contributed by atoms with Crippen molar-refractivity contribution in [2.75, 3.05) is 27.2 Å². The van der Waals surface area contributed by atoms with Crippen LogP contribution in [0.15, 0.2) is 41.4 Å². The Bertz CT molecular complexity index is 942. The first-order chi connectivity index (χ1) is 15.0. The lowest BCUT2D eigenvalue weighted by Gasteiger charge is -2.16. The number of carbonyl (C=O) groups is 1. The molecule has 3 N–H and O–H groups in total. The molecule has 3 rings (SSSR count). The van der Waals surface area contributed by atoms with Gasteiger partial charge in [-0.1, -0.05) is 12.1 Å². The van der Waals surface area contributed by atoms with E-state index in [1.165, 1.54) is 5.56 Å². The van der Waals surface area contributed by atoms with E-state index < -0.39 is 0 Å². The standard InChI is InChI=1S/C24H32N4O3/c1-5-30-21-13-19-11-16(2)31-22(19)14-20(21)15-28-24(26-4)27-10-9-17-7-6-8-18(12-17)23(29)25-3/h6-8,12-14,16H,5,9-11,15H2,1-4H3,(H,25,29)(H2,26,27,28). The Hall–Kier alpha value is -3.22. The highest BCUT2D eigenvalue weighted by molar-refractivity contribution is 5.94. The van der Waals surface area contributed by atoms with Crippen LogP contribution in [-0.4, -0.2) is 45.2 Å². The summed E-state index contributed by atoms with van der Waals surface area (Å²) in [6.07, 6.45) is 1.89. The first kappa shape index (κ1) is 22.5. The molecule has 1 aliphatic heterocycles. The number of aliphatic imine (C=N–C) groups is 1. The molecule has 0 fully saturated rings. The molecule has 1 aliphatic rings. The first-order valence-corrected chi connectivity index (χ1v) is 10.7. The van der Waals surface area contributed by atoms with Crippen LogP contribution in [0, 0.1) is 0 Å². The van der Waals surface area contributed by atoms with Crippen LogP contribution < -0.4 is 25.4 Å². The molecule has 0 radical (unpaired) electrons. The fraction of sp³-hybridized carbons (Fsp3) is 0.417. The summed E-state index contributed by atoms with van der Waals surface area (Å²) in [6, 6.07) is 11.8. The highest BCUT2D eigenvalue weighted by Crippen LogP contribution is 2.35. The number of carbonyl (C=O) groups excluding carboxylic acids is 1. The summed E-state index contributed by atoms with van der Waals surface area (Å²) in [7, 11) is 3.38. The number of fused-ring (bicyclic) bond motifs is 1. The molecule has 7 nitrogen and oxygen atoms in total. The van der Waals surface area contributed by atoms with Gasteiger partial charge in [0, 0.05) is 50.3 Å².